The van der Waals surface area contributed by atoms with E-state index in [0.717, 1.165) is 5.56 Å². The Morgan fingerprint density at radius 1 is 1.38 bits per heavy atom. The Morgan fingerprint density at radius 2 is 2.06 bits per heavy atom. The molecule has 3 nitrogen and oxygen atoms in total. The van der Waals surface area contributed by atoms with Gasteiger partial charge in [-0.3, -0.25) is 9.88 Å². The summed E-state index contributed by atoms with van der Waals surface area (Å²) in [7, 11) is 0. The Balaban J connectivity index is 2.16. The van der Waals surface area contributed by atoms with Crippen LogP contribution in [0.2, 0.25) is 0 Å². The van der Waals surface area contributed by atoms with E-state index in [1.54, 1.807) is 6.20 Å². The molecule has 0 aromatic carbocycles. The van der Waals surface area contributed by atoms with Gasteiger partial charge in [0.1, 0.15) is 0 Å². The van der Waals surface area contributed by atoms with E-state index < -0.39 is 0 Å². The SMILES string of the molecule is CC(C)(C(N)c1cccnc1)N1CCCC1. The molecule has 1 aromatic heterocycles. The highest BCUT2D eigenvalue weighted by atomic mass is 15.2. The summed E-state index contributed by atoms with van der Waals surface area (Å²) in [5.74, 6) is 0. The molecule has 2 rings (SSSR count). The van der Waals surface area contributed by atoms with Gasteiger partial charge in [-0.2, -0.15) is 0 Å². The lowest BCUT2D eigenvalue weighted by Crippen LogP contribution is -2.49. The Bertz CT molecular complexity index is 328. The van der Waals surface area contributed by atoms with Crippen molar-refractivity contribution in [2.24, 2.45) is 5.73 Å². The second kappa shape index (κ2) is 4.52. The Morgan fingerprint density at radius 3 is 2.62 bits per heavy atom. The predicted octanol–water partition coefficient (Wildman–Crippen LogP) is 1.96. The fourth-order valence-corrected chi connectivity index (χ4v) is 2.46. The predicted molar refractivity (Wildman–Crippen MR) is 66.1 cm³/mol. The molecule has 0 bridgehead atoms. The van der Waals surface area contributed by atoms with Crippen molar-refractivity contribution < 1.29 is 0 Å². The van der Waals surface area contributed by atoms with Gasteiger partial charge in [-0.05, 0) is 51.4 Å². The van der Waals surface area contributed by atoms with Crippen LogP contribution in [0, 0.1) is 0 Å². The minimum absolute atomic E-state index is 0.0134. The molecule has 16 heavy (non-hydrogen) atoms. The van der Waals surface area contributed by atoms with Gasteiger partial charge in [0.15, 0.2) is 0 Å². The van der Waals surface area contributed by atoms with Crippen molar-refractivity contribution in [2.45, 2.75) is 38.3 Å². The number of nitrogens with two attached hydrogens (primary N) is 1. The molecule has 1 unspecified atom stereocenters. The third-order valence-corrected chi connectivity index (χ3v) is 3.73. The van der Waals surface area contributed by atoms with Gasteiger partial charge < -0.3 is 5.73 Å². The molecule has 2 N–H and O–H groups in total. The maximum Gasteiger partial charge on any atom is 0.0492 e. The summed E-state index contributed by atoms with van der Waals surface area (Å²) in [6.45, 7) is 6.80. The van der Waals surface area contributed by atoms with Crippen LogP contribution in [0.5, 0.6) is 0 Å². The highest BCUT2D eigenvalue weighted by molar-refractivity contribution is 5.18. The molecule has 1 aliphatic heterocycles. The van der Waals surface area contributed by atoms with Crippen LogP contribution < -0.4 is 5.73 Å². The third kappa shape index (κ3) is 2.11. The number of hydrogen-bond acceptors (Lipinski definition) is 3. The van der Waals surface area contributed by atoms with Crippen LogP contribution in [0.3, 0.4) is 0 Å². The molecule has 0 spiro atoms. The number of likely N-dealkylation sites (tertiary alicyclic amines) is 1. The highest BCUT2D eigenvalue weighted by Crippen LogP contribution is 2.31. The van der Waals surface area contributed by atoms with Gasteiger partial charge >= 0.3 is 0 Å². The van der Waals surface area contributed by atoms with E-state index >= 15 is 0 Å². The molecule has 88 valence electrons. The van der Waals surface area contributed by atoms with E-state index in [-0.39, 0.29) is 11.6 Å². The monoisotopic (exact) mass is 219 g/mol. The van der Waals surface area contributed by atoms with Crippen molar-refractivity contribution in [3.63, 3.8) is 0 Å². The summed E-state index contributed by atoms with van der Waals surface area (Å²) in [5.41, 5.74) is 7.51. The van der Waals surface area contributed by atoms with Crippen molar-refractivity contribution in [1.82, 2.24) is 9.88 Å². The zero-order valence-electron chi connectivity index (χ0n) is 10.2. The molecule has 0 saturated carbocycles. The third-order valence-electron chi connectivity index (χ3n) is 3.73. The Labute approximate surface area is 97.7 Å². The maximum atomic E-state index is 6.37. The maximum absolute atomic E-state index is 6.37. The topological polar surface area (TPSA) is 42.1 Å². The van der Waals surface area contributed by atoms with Crippen LogP contribution in [0.15, 0.2) is 24.5 Å². The van der Waals surface area contributed by atoms with Crippen LogP contribution in [0.1, 0.15) is 38.3 Å². The van der Waals surface area contributed by atoms with Crippen LogP contribution in [-0.2, 0) is 0 Å². The van der Waals surface area contributed by atoms with Gasteiger partial charge in [0, 0.05) is 24.0 Å². The van der Waals surface area contributed by atoms with Gasteiger partial charge in [-0.1, -0.05) is 6.07 Å². The summed E-state index contributed by atoms with van der Waals surface area (Å²) in [6, 6.07) is 4.05. The molecule has 3 heteroatoms. The van der Waals surface area contributed by atoms with Crippen LogP contribution >= 0.6 is 0 Å². The number of pyridine rings is 1. The first kappa shape index (κ1) is 11.6. The molecule has 1 fully saturated rings. The fraction of sp³-hybridized carbons (Fsp3) is 0.615. The number of hydrogen-bond donors (Lipinski definition) is 1. The molecule has 1 saturated heterocycles. The molecule has 0 radical (unpaired) electrons. The number of aromatic nitrogens is 1. The highest BCUT2D eigenvalue weighted by Gasteiger charge is 2.35. The van der Waals surface area contributed by atoms with Crippen molar-refractivity contribution in [2.75, 3.05) is 13.1 Å². The molecular weight excluding hydrogens is 198 g/mol. The summed E-state index contributed by atoms with van der Waals surface area (Å²) in [6.07, 6.45) is 6.26. The Kier molecular flexibility index (Phi) is 3.26. The molecule has 1 aromatic rings. The van der Waals surface area contributed by atoms with Gasteiger partial charge in [-0.15, -0.1) is 0 Å². The van der Waals surface area contributed by atoms with E-state index in [2.05, 4.69) is 29.8 Å². The minimum atomic E-state index is 0.0134. The van der Waals surface area contributed by atoms with Crippen LogP contribution in [-0.4, -0.2) is 28.5 Å². The summed E-state index contributed by atoms with van der Waals surface area (Å²) in [4.78, 5) is 6.64. The van der Waals surface area contributed by atoms with Crippen molar-refractivity contribution in [3.8, 4) is 0 Å². The quantitative estimate of drug-likeness (QED) is 0.845. The number of nitrogens with zero attached hydrogens (tertiary/aromatic N) is 2. The van der Waals surface area contributed by atoms with E-state index in [1.165, 1.54) is 25.9 Å². The van der Waals surface area contributed by atoms with Crippen LogP contribution in [0.25, 0.3) is 0 Å². The first-order valence-electron chi connectivity index (χ1n) is 6.03. The Hall–Kier alpha value is -0.930. The van der Waals surface area contributed by atoms with Gasteiger partial charge in [-0.25, -0.2) is 0 Å². The van der Waals surface area contributed by atoms with Gasteiger partial charge in [0.05, 0.1) is 0 Å². The molecule has 0 aliphatic carbocycles. The lowest BCUT2D eigenvalue weighted by Gasteiger charge is -2.40. The summed E-state index contributed by atoms with van der Waals surface area (Å²) < 4.78 is 0. The zero-order chi connectivity index (χ0) is 11.6. The summed E-state index contributed by atoms with van der Waals surface area (Å²) >= 11 is 0. The lowest BCUT2D eigenvalue weighted by atomic mass is 9.88. The fourth-order valence-electron chi connectivity index (χ4n) is 2.46. The zero-order valence-corrected chi connectivity index (χ0v) is 10.2. The summed E-state index contributed by atoms with van der Waals surface area (Å²) in [5, 5.41) is 0. The van der Waals surface area contributed by atoms with Crippen molar-refractivity contribution >= 4 is 0 Å². The molecule has 2 heterocycles. The van der Waals surface area contributed by atoms with Gasteiger partial charge in [0.25, 0.3) is 0 Å². The smallest absolute Gasteiger partial charge is 0.0492 e. The number of rotatable bonds is 3. The minimum Gasteiger partial charge on any atom is -0.322 e. The first-order valence-corrected chi connectivity index (χ1v) is 6.03. The van der Waals surface area contributed by atoms with Crippen molar-refractivity contribution in [1.29, 1.82) is 0 Å². The van der Waals surface area contributed by atoms with Crippen molar-refractivity contribution in [3.05, 3.63) is 30.1 Å². The van der Waals surface area contributed by atoms with E-state index in [9.17, 15) is 0 Å². The van der Waals surface area contributed by atoms with Crippen LogP contribution in [0.4, 0.5) is 0 Å². The molecule has 1 aliphatic rings. The second-order valence-electron chi connectivity index (χ2n) is 5.11. The lowest BCUT2D eigenvalue weighted by molar-refractivity contribution is 0.124. The average Bonchev–Trinajstić information content (AvgIpc) is 2.83. The molecule has 1 atom stereocenters. The van der Waals surface area contributed by atoms with Gasteiger partial charge in [0.2, 0.25) is 0 Å². The van der Waals surface area contributed by atoms with E-state index in [1.807, 2.05) is 12.3 Å². The first-order chi connectivity index (χ1) is 7.62. The largest absolute Gasteiger partial charge is 0.322 e. The second-order valence-corrected chi connectivity index (χ2v) is 5.11. The molecule has 0 amide bonds. The van der Waals surface area contributed by atoms with E-state index in [4.69, 9.17) is 5.73 Å². The normalized spacial score (nSPS) is 19.9. The average molecular weight is 219 g/mol. The van der Waals surface area contributed by atoms with E-state index in [0.29, 0.717) is 0 Å². The molecular formula is C13H21N3. The standard InChI is InChI=1S/C13H21N3/c1-13(2,16-8-3-4-9-16)12(14)11-6-5-7-15-10-11/h5-7,10,12H,3-4,8-9,14H2,1-2H3.